The summed E-state index contributed by atoms with van der Waals surface area (Å²) in [7, 11) is 0. The zero-order valence-electron chi connectivity index (χ0n) is 12.7. The maximum atomic E-state index is 12.1. The summed E-state index contributed by atoms with van der Waals surface area (Å²) in [4.78, 5) is 16.2. The summed E-state index contributed by atoms with van der Waals surface area (Å²) < 4.78 is 1.30. The Morgan fingerprint density at radius 1 is 1.20 bits per heavy atom. The Balaban J connectivity index is 1.63. The Morgan fingerprint density at radius 3 is 2.76 bits per heavy atom. The molecular formula is C15H12Cl2N6OS. The molecule has 2 heterocycles. The summed E-state index contributed by atoms with van der Waals surface area (Å²) >= 11 is 12.9. The number of rotatable bonds is 5. The molecule has 1 aromatic carbocycles. The monoisotopic (exact) mass is 394 g/mol. The van der Waals surface area contributed by atoms with E-state index in [-0.39, 0.29) is 11.7 Å². The largest absolute Gasteiger partial charge is 0.335 e. The van der Waals surface area contributed by atoms with Gasteiger partial charge in [-0.05, 0) is 30.3 Å². The molecule has 0 aliphatic heterocycles. The molecule has 3 N–H and O–H groups in total. The van der Waals surface area contributed by atoms with Gasteiger partial charge in [-0.2, -0.15) is 0 Å². The third-order valence-corrected chi connectivity index (χ3v) is 4.78. The number of benzene rings is 1. The quantitative estimate of drug-likeness (QED) is 0.509. The van der Waals surface area contributed by atoms with Crippen LogP contribution in [0.5, 0.6) is 0 Å². The Bertz CT molecular complexity index is 902. The van der Waals surface area contributed by atoms with Crippen LogP contribution >= 0.6 is 35.0 Å². The van der Waals surface area contributed by atoms with Crippen LogP contribution in [0.3, 0.4) is 0 Å². The average Bonchev–Trinajstić information content (AvgIpc) is 2.98. The standard InChI is InChI=1S/C15H12Cl2N6OS/c16-10-5-4-9(7-11(10)17)20-13(24)8-25-15-22-21-14(23(15)18)12-3-1-2-6-19-12/h1-7H,8,18H2,(H,20,24). The molecule has 0 bridgehead atoms. The molecule has 0 unspecified atom stereocenters. The van der Waals surface area contributed by atoms with Crippen molar-refractivity contribution in [3.8, 4) is 11.5 Å². The highest BCUT2D eigenvalue weighted by molar-refractivity contribution is 7.99. The predicted octanol–water partition coefficient (Wildman–Crippen LogP) is 3.09. The first-order valence-corrected chi connectivity index (χ1v) is 8.78. The Hall–Kier alpha value is -2.29. The average molecular weight is 395 g/mol. The summed E-state index contributed by atoms with van der Waals surface area (Å²) in [5.41, 5.74) is 1.16. The lowest BCUT2D eigenvalue weighted by molar-refractivity contribution is -0.113. The summed E-state index contributed by atoms with van der Waals surface area (Å²) in [5, 5.41) is 11.9. The molecule has 7 nitrogen and oxygen atoms in total. The van der Waals surface area contributed by atoms with Crippen LogP contribution in [0.1, 0.15) is 0 Å². The topological polar surface area (TPSA) is 98.7 Å². The molecule has 0 aliphatic carbocycles. The third kappa shape index (κ3) is 4.22. The van der Waals surface area contributed by atoms with Crippen LogP contribution in [0.15, 0.2) is 47.8 Å². The lowest BCUT2D eigenvalue weighted by Gasteiger charge is -2.06. The van der Waals surface area contributed by atoms with E-state index in [4.69, 9.17) is 29.0 Å². The molecule has 128 valence electrons. The van der Waals surface area contributed by atoms with Crippen molar-refractivity contribution >= 4 is 46.6 Å². The molecule has 25 heavy (non-hydrogen) atoms. The van der Waals surface area contributed by atoms with E-state index in [9.17, 15) is 4.79 Å². The number of halogens is 2. The van der Waals surface area contributed by atoms with Gasteiger partial charge in [0.15, 0.2) is 0 Å². The van der Waals surface area contributed by atoms with Crippen LogP contribution < -0.4 is 11.2 Å². The minimum atomic E-state index is -0.231. The Kier molecular flexibility index (Phi) is 5.42. The number of pyridine rings is 1. The van der Waals surface area contributed by atoms with Gasteiger partial charge in [0.1, 0.15) is 5.69 Å². The second kappa shape index (κ2) is 7.73. The van der Waals surface area contributed by atoms with E-state index in [1.54, 1.807) is 36.5 Å². The van der Waals surface area contributed by atoms with Gasteiger partial charge in [0, 0.05) is 11.9 Å². The summed E-state index contributed by atoms with van der Waals surface area (Å²) in [6, 6.07) is 10.3. The van der Waals surface area contributed by atoms with Gasteiger partial charge >= 0.3 is 0 Å². The van der Waals surface area contributed by atoms with E-state index in [0.29, 0.717) is 32.4 Å². The smallest absolute Gasteiger partial charge is 0.234 e. The van der Waals surface area contributed by atoms with Crippen molar-refractivity contribution in [3.05, 3.63) is 52.6 Å². The third-order valence-electron chi connectivity index (χ3n) is 3.09. The van der Waals surface area contributed by atoms with Gasteiger partial charge < -0.3 is 11.2 Å². The maximum absolute atomic E-state index is 12.1. The number of carbonyl (C=O) groups is 1. The first-order chi connectivity index (χ1) is 12.0. The van der Waals surface area contributed by atoms with Crippen LogP contribution in [0.25, 0.3) is 11.5 Å². The van der Waals surface area contributed by atoms with Gasteiger partial charge in [0.25, 0.3) is 0 Å². The number of nitrogens with two attached hydrogens (primary N) is 1. The van der Waals surface area contributed by atoms with Crippen LogP contribution in [0.2, 0.25) is 10.0 Å². The molecule has 0 saturated carbocycles. The van der Waals surface area contributed by atoms with E-state index in [1.807, 2.05) is 6.07 Å². The van der Waals surface area contributed by atoms with Crippen molar-refractivity contribution in [2.45, 2.75) is 5.16 Å². The van der Waals surface area contributed by atoms with Gasteiger partial charge in [-0.3, -0.25) is 9.78 Å². The fourth-order valence-corrected chi connectivity index (χ4v) is 2.90. The predicted molar refractivity (Wildman–Crippen MR) is 99.2 cm³/mol. The number of amides is 1. The molecule has 0 fully saturated rings. The van der Waals surface area contributed by atoms with Crippen molar-refractivity contribution in [2.24, 2.45) is 0 Å². The molecule has 10 heteroatoms. The molecule has 3 rings (SSSR count). The van der Waals surface area contributed by atoms with Crippen molar-refractivity contribution in [1.29, 1.82) is 0 Å². The van der Waals surface area contributed by atoms with Crippen LogP contribution in [-0.4, -0.2) is 31.5 Å². The number of aromatic nitrogens is 4. The number of hydrogen-bond acceptors (Lipinski definition) is 6. The number of nitrogens with one attached hydrogen (secondary N) is 1. The van der Waals surface area contributed by atoms with Gasteiger partial charge in [-0.25, -0.2) is 4.68 Å². The molecule has 0 atom stereocenters. The molecule has 0 aliphatic rings. The number of hydrogen-bond donors (Lipinski definition) is 2. The molecular weight excluding hydrogens is 383 g/mol. The van der Waals surface area contributed by atoms with Gasteiger partial charge in [-0.15, -0.1) is 10.2 Å². The van der Waals surface area contributed by atoms with Crippen molar-refractivity contribution in [2.75, 3.05) is 16.9 Å². The zero-order chi connectivity index (χ0) is 17.8. The highest BCUT2D eigenvalue weighted by Crippen LogP contribution is 2.25. The highest BCUT2D eigenvalue weighted by atomic mass is 35.5. The lowest BCUT2D eigenvalue weighted by atomic mass is 10.3. The first kappa shape index (κ1) is 17.5. The minimum Gasteiger partial charge on any atom is -0.335 e. The van der Waals surface area contributed by atoms with E-state index < -0.39 is 0 Å². The second-order valence-corrected chi connectivity index (χ2v) is 6.61. The Morgan fingerprint density at radius 2 is 2.04 bits per heavy atom. The first-order valence-electron chi connectivity index (χ1n) is 7.04. The normalized spacial score (nSPS) is 10.6. The molecule has 2 aromatic heterocycles. The number of anilines is 1. The molecule has 1 amide bonds. The zero-order valence-corrected chi connectivity index (χ0v) is 15.0. The van der Waals surface area contributed by atoms with E-state index in [1.165, 1.54) is 4.68 Å². The maximum Gasteiger partial charge on any atom is 0.234 e. The van der Waals surface area contributed by atoms with Crippen LogP contribution in [-0.2, 0) is 4.79 Å². The Labute approximate surface area is 157 Å². The SMILES string of the molecule is Nn1c(SCC(=O)Nc2ccc(Cl)c(Cl)c2)nnc1-c1ccccn1. The summed E-state index contributed by atoms with van der Waals surface area (Å²) in [6.07, 6.45) is 1.64. The van der Waals surface area contributed by atoms with E-state index in [2.05, 4.69) is 20.5 Å². The van der Waals surface area contributed by atoms with Gasteiger partial charge in [-0.1, -0.05) is 41.0 Å². The number of nitrogens with zero attached hydrogens (tertiary/aromatic N) is 4. The number of carbonyl (C=O) groups excluding carboxylic acids is 1. The summed E-state index contributed by atoms with van der Waals surface area (Å²) in [5.74, 6) is 6.28. The van der Waals surface area contributed by atoms with Crippen molar-refractivity contribution < 1.29 is 4.79 Å². The van der Waals surface area contributed by atoms with Crippen molar-refractivity contribution in [3.63, 3.8) is 0 Å². The number of thioether (sulfide) groups is 1. The lowest BCUT2D eigenvalue weighted by Crippen LogP contribution is -2.16. The van der Waals surface area contributed by atoms with Crippen molar-refractivity contribution in [1.82, 2.24) is 19.9 Å². The van der Waals surface area contributed by atoms with Crippen LogP contribution in [0, 0.1) is 0 Å². The summed E-state index contributed by atoms with van der Waals surface area (Å²) in [6.45, 7) is 0. The molecule has 3 aromatic rings. The fraction of sp³-hybridized carbons (Fsp3) is 0.0667. The van der Waals surface area contributed by atoms with Gasteiger partial charge in [0.2, 0.25) is 16.9 Å². The van der Waals surface area contributed by atoms with Gasteiger partial charge in [0.05, 0.1) is 15.8 Å². The van der Waals surface area contributed by atoms with E-state index >= 15 is 0 Å². The minimum absolute atomic E-state index is 0.109. The molecule has 0 spiro atoms. The fourth-order valence-electron chi connectivity index (χ4n) is 1.95. The second-order valence-electron chi connectivity index (χ2n) is 4.86. The van der Waals surface area contributed by atoms with Crippen LogP contribution in [0.4, 0.5) is 5.69 Å². The molecule has 0 radical (unpaired) electrons. The molecule has 0 saturated heterocycles. The number of nitrogen functional groups attached to an aromatic ring is 1. The van der Waals surface area contributed by atoms with E-state index in [0.717, 1.165) is 11.8 Å². The highest BCUT2D eigenvalue weighted by Gasteiger charge is 2.14.